The third-order valence-corrected chi connectivity index (χ3v) is 4.93. The molecule has 1 N–H and O–H groups in total. The maximum atomic E-state index is 13.0. The molecule has 2 amide bonds. The molecule has 1 aliphatic heterocycles. The molecule has 1 aliphatic rings. The number of carbonyl (C=O) groups is 2. The summed E-state index contributed by atoms with van der Waals surface area (Å²) >= 11 is 1.62. The SMILES string of the molecule is CSc1ccc(C(=O)NC2CC(=O)N(Cc3ccc(F)cc3)C2)cc1. The van der Waals surface area contributed by atoms with Crippen LogP contribution in [0.2, 0.25) is 0 Å². The number of rotatable bonds is 5. The Kier molecular flexibility index (Phi) is 5.38. The molecule has 1 saturated heterocycles. The molecule has 2 aromatic carbocycles. The third-order valence-electron chi connectivity index (χ3n) is 4.19. The normalized spacial score (nSPS) is 17.0. The first-order valence-electron chi connectivity index (χ1n) is 8.02. The third kappa shape index (κ3) is 4.39. The minimum atomic E-state index is -0.297. The highest BCUT2D eigenvalue weighted by Gasteiger charge is 2.30. The first-order valence-corrected chi connectivity index (χ1v) is 9.25. The smallest absolute Gasteiger partial charge is 0.251 e. The fraction of sp³-hybridized carbons (Fsp3) is 0.263. The van der Waals surface area contributed by atoms with Gasteiger partial charge in [-0.05, 0) is 48.2 Å². The van der Waals surface area contributed by atoms with Gasteiger partial charge in [-0.25, -0.2) is 4.39 Å². The molecule has 0 aliphatic carbocycles. The molecule has 130 valence electrons. The largest absolute Gasteiger partial charge is 0.347 e. The molecule has 3 rings (SSSR count). The van der Waals surface area contributed by atoms with Crippen LogP contribution in [0.4, 0.5) is 4.39 Å². The number of hydrogen-bond acceptors (Lipinski definition) is 3. The monoisotopic (exact) mass is 358 g/mol. The van der Waals surface area contributed by atoms with E-state index in [1.807, 2.05) is 18.4 Å². The van der Waals surface area contributed by atoms with Crippen LogP contribution in [0.15, 0.2) is 53.4 Å². The number of likely N-dealkylation sites (tertiary alicyclic amines) is 1. The van der Waals surface area contributed by atoms with Gasteiger partial charge in [-0.15, -0.1) is 11.8 Å². The zero-order valence-electron chi connectivity index (χ0n) is 13.9. The minimum absolute atomic E-state index is 0.00708. The van der Waals surface area contributed by atoms with Gasteiger partial charge in [0.25, 0.3) is 5.91 Å². The highest BCUT2D eigenvalue weighted by molar-refractivity contribution is 7.98. The van der Waals surface area contributed by atoms with Crippen molar-refractivity contribution in [1.82, 2.24) is 10.2 Å². The van der Waals surface area contributed by atoms with Gasteiger partial charge in [0.15, 0.2) is 0 Å². The summed E-state index contributed by atoms with van der Waals surface area (Å²) in [6, 6.07) is 13.3. The maximum absolute atomic E-state index is 13.0. The number of nitrogens with zero attached hydrogens (tertiary/aromatic N) is 1. The van der Waals surface area contributed by atoms with Crippen molar-refractivity contribution in [2.45, 2.75) is 23.9 Å². The molecule has 0 saturated carbocycles. The van der Waals surface area contributed by atoms with Gasteiger partial charge in [0.2, 0.25) is 5.91 Å². The van der Waals surface area contributed by atoms with Crippen molar-refractivity contribution in [2.24, 2.45) is 0 Å². The van der Waals surface area contributed by atoms with Gasteiger partial charge >= 0.3 is 0 Å². The van der Waals surface area contributed by atoms with Crippen LogP contribution < -0.4 is 5.32 Å². The standard InChI is InChI=1S/C19H19FN2O2S/c1-25-17-8-4-14(5-9-17)19(24)21-16-10-18(23)22(12-16)11-13-2-6-15(20)7-3-13/h2-9,16H,10-12H2,1H3,(H,21,24). The van der Waals surface area contributed by atoms with Gasteiger partial charge in [0.1, 0.15) is 5.82 Å². The second kappa shape index (κ2) is 7.70. The van der Waals surface area contributed by atoms with E-state index in [0.29, 0.717) is 18.7 Å². The Morgan fingerprint density at radius 3 is 2.52 bits per heavy atom. The van der Waals surface area contributed by atoms with Crippen molar-refractivity contribution in [3.63, 3.8) is 0 Å². The Bertz CT molecular complexity index is 762. The molecule has 6 heteroatoms. The summed E-state index contributed by atoms with van der Waals surface area (Å²) in [5.74, 6) is -0.476. The van der Waals surface area contributed by atoms with Crippen molar-refractivity contribution in [3.8, 4) is 0 Å². The van der Waals surface area contributed by atoms with Crippen molar-refractivity contribution in [3.05, 3.63) is 65.5 Å². The van der Waals surface area contributed by atoms with E-state index in [1.54, 1.807) is 40.9 Å². The fourth-order valence-electron chi connectivity index (χ4n) is 2.84. The predicted molar refractivity (Wildman–Crippen MR) is 95.9 cm³/mol. The molecule has 1 atom stereocenters. The van der Waals surface area contributed by atoms with Crippen LogP contribution in [0.1, 0.15) is 22.3 Å². The van der Waals surface area contributed by atoms with Crippen molar-refractivity contribution < 1.29 is 14.0 Å². The van der Waals surface area contributed by atoms with Crippen molar-refractivity contribution in [1.29, 1.82) is 0 Å². The molecule has 0 radical (unpaired) electrons. The summed E-state index contributed by atoms with van der Waals surface area (Å²) < 4.78 is 13.0. The Morgan fingerprint density at radius 2 is 1.88 bits per heavy atom. The zero-order chi connectivity index (χ0) is 17.8. The van der Waals surface area contributed by atoms with E-state index < -0.39 is 0 Å². The molecule has 0 aromatic heterocycles. The Hall–Kier alpha value is -2.34. The number of thioether (sulfide) groups is 1. The first kappa shape index (κ1) is 17.5. The lowest BCUT2D eigenvalue weighted by Crippen LogP contribution is -2.37. The highest BCUT2D eigenvalue weighted by Crippen LogP contribution is 2.17. The molecule has 25 heavy (non-hydrogen) atoms. The summed E-state index contributed by atoms with van der Waals surface area (Å²) in [5.41, 5.74) is 1.46. The minimum Gasteiger partial charge on any atom is -0.347 e. The number of benzene rings is 2. The number of amides is 2. The Labute approximate surface area is 150 Å². The van der Waals surface area contributed by atoms with E-state index in [9.17, 15) is 14.0 Å². The highest BCUT2D eigenvalue weighted by atomic mass is 32.2. The van der Waals surface area contributed by atoms with Crippen LogP contribution >= 0.6 is 11.8 Å². The number of hydrogen-bond donors (Lipinski definition) is 1. The van der Waals surface area contributed by atoms with Crippen LogP contribution in [0.3, 0.4) is 0 Å². The summed E-state index contributed by atoms with van der Waals surface area (Å²) in [4.78, 5) is 27.3. The van der Waals surface area contributed by atoms with Crippen LogP contribution in [-0.4, -0.2) is 35.6 Å². The number of carbonyl (C=O) groups excluding carboxylic acids is 2. The Balaban J connectivity index is 1.58. The molecule has 2 aromatic rings. The quantitative estimate of drug-likeness (QED) is 0.836. The van der Waals surface area contributed by atoms with Gasteiger partial charge in [0, 0.05) is 30.0 Å². The second-order valence-corrected chi connectivity index (χ2v) is 6.88. The topological polar surface area (TPSA) is 49.4 Å². The molecular formula is C19H19FN2O2S. The summed E-state index contributed by atoms with van der Waals surface area (Å²) in [5, 5.41) is 2.92. The summed E-state index contributed by atoms with van der Waals surface area (Å²) in [6.45, 7) is 0.888. The lowest BCUT2D eigenvalue weighted by atomic mass is 10.2. The molecule has 1 fully saturated rings. The fourth-order valence-corrected chi connectivity index (χ4v) is 3.25. The van der Waals surface area contributed by atoms with Crippen LogP contribution in [-0.2, 0) is 11.3 Å². The lowest BCUT2D eigenvalue weighted by molar-refractivity contribution is -0.128. The number of halogens is 1. The first-order chi connectivity index (χ1) is 12.0. The van der Waals surface area contributed by atoms with Crippen LogP contribution in [0.5, 0.6) is 0 Å². The summed E-state index contributed by atoms with van der Waals surface area (Å²) in [6.07, 6.45) is 2.27. The van der Waals surface area contributed by atoms with Crippen molar-refractivity contribution >= 4 is 23.6 Å². The van der Waals surface area contributed by atoms with E-state index in [-0.39, 0.29) is 30.1 Å². The average molecular weight is 358 g/mol. The molecule has 0 spiro atoms. The van der Waals surface area contributed by atoms with Gasteiger partial charge in [-0.2, -0.15) is 0 Å². The van der Waals surface area contributed by atoms with E-state index in [4.69, 9.17) is 0 Å². The molecule has 0 bridgehead atoms. The maximum Gasteiger partial charge on any atom is 0.251 e. The van der Waals surface area contributed by atoms with Crippen LogP contribution in [0, 0.1) is 5.82 Å². The van der Waals surface area contributed by atoms with Crippen molar-refractivity contribution in [2.75, 3.05) is 12.8 Å². The molecular weight excluding hydrogens is 339 g/mol. The van der Waals surface area contributed by atoms with Gasteiger partial charge in [-0.1, -0.05) is 12.1 Å². The van der Waals surface area contributed by atoms with Gasteiger partial charge in [0.05, 0.1) is 6.04 Å². The summed E-state index contributed by atoms with van der Waals surface area (Å²) in [7, 11) is 0. The zero-order valence-corrected chi connectivity index (χ0v) is 14.7. The molecule has 1 heterocycles. The molecule has 4 nitrogen and oxygen atoms in total. The predicted octanol–water partition coefficient (Wildman–Crippen LogP) is 3.08. The van der Waals surface area contributed by atoms with E-state index >= 15 is 0 Å². The van der Waals surface area contributed by atoms with Gasteiger partial charge < -0.3 is 10.2 Å². The van der Waals surface area contributed by atoms with E-state index in [1.165, 1.54) is 12.1 Å². The average Bonchev–Trinajstić information content (AvgIpc) is 2.96. The van der Waals surface area contributed by atoms with Gasteiger partial charge in [-0.3, -0.25) is 9.59 Å². The van der Waals surface area contributed by atoms with Crippen LogP contribution in [0.25, 0.3) is 0 Å². The second-order valence-electron chi connectivity index (χ2n) is 6.00. The van der Waals surface area contributed by atoms with E-state index in [0.717, 1.165) is 10.5 Å². The Morgan fingerprint density at radius 1 is 1.20 bits per heavy atom. The number of nitrogens with one attached hydrogen (secondary N) is 1. The lowest BCUT2D eigenvalue weighted by Gasteiger charge is -2.17. The molecule has 1 unspecified atom stereocenters. The van der Waals surface area contributed by atoms with E-state index in [2.05, 4.69) is 5.32 Å².